The molecule has 3 nitrogen and oxygen atoms in total. The van der Waals surface area contributed by atoms with Crippen LogP contribution in [-0.4, -0.2) is 16.1 Å². The Labute approximate surface area is 88.5 Å². The number of fused-ring (bicyclic) bond motifs is 1. The molecule has 1 fully saturated rings. The molecule has 0 aromatic carbocycles. The number of rotatable bonds is 2. The number of aromatic nitrogens is 1. The number of hydrogen-bond donors (Lipinski definition) is 2. The van der Waals surface area contributed by atoms with Crippen LogP contribution in [0.25, 0.3) is 0 Å². The number of carbonyl (C=O) groups is 1. The van der Waals surface area contributed by atoms with Gasteiger partial charge >= 0.3 is 5.97 Å². The zero-order chi connectivity index (χ0) is 10.4. The van der Waals surface area contributed by atoms with E-state index in [0.717, 1.165) is 43.4 Å². The summed E-state index contributed by atoms with van der Waals surface area (Å²) in [5, 5.41) is 9.27. The molecule has 1 saturated carbocycles. The Kier molecular flexibility index (Phi) is 1.87. The lowest BCUT2D eigenvalue weighted by atomic mass is 9.81. The molecule has 2 aliphatic rings. The zero-order valence-corrected chi connectivity index (χ0v) is 8.68. The van der Waals surface area contributed by atoms with Gasteiger partial charge in [0, 0.05) is 11.4 Å². The molecule has 1 aromatic rings. The predicted octanol–water partition coefficient (Wildman–Crippen LogP) is 2.47. The summed E-state index contributed by atoms with van der Waals surface area (Å²) in [5.74, 6) is -0.252. The summed E-state index contributed by atoms with van der Waals surface area (Å²) in [6.45, 7) is 0. The Bertz CT molecular complexity index is 416. The second kappa shape index (κ2) is 3.12. The number of hydrogen-bond acceptors (Lipinski definition) is 1. The largest absolute Gasteiger partial charge is 0.478 e. The van der Waals surface area contributed by atoms with Gasteiger partial charge in [-0.1, -0.05) is 6.42 Å². The molecule has 0 bridgehead atoms. The molecule has 0 atom stereocenters. The molecule has 1 aromatic heterocycles. The van der Waals surface area contributed by atoms with Crippen molar-refractivity contribution >= 4 is 5.97 Å². The molecule has 0 spiro atoms. The van der Waals surface area contributed by atoms with Gasteiger partial charge in [-0.2, -0.15) is 0 Å². The van der Waals surface area contributed by atoms with Gasteiger partial charge in [-0.3, -0.25) is 0 Å². The van der Waals surface area contributed by atoms with Crippen LogP contribution in [0.3, 0.4) is 0 Å². The van der Waals surface area contributed by atoms with Gasteiger partial charge in [-0.05, 0) is 43.6 Å². The van der Waals surface area contributed by atoms with Crippen LogP contribution < -0.4 is 0 Å². The minimum absolute atomic E-state index is 0.488. The van der Waals surface area contributed by atoms with Crippen LogP contribution in [0, 0.1) is 0 Å². The monoisotopic (exact) mass is 205 g/mol. The number of carboxylic acid groups (broad SMARTS) is 1. The predicted molar refractivity (Wildman–Crippen MR) is 56.4 cm³/mol. The summed E-state index contributed by atoms with van der Waals surface area (Å²) in [4.78, 5) is 14.6. The molecule has 0 amide bonds. The van der Waals surface area contributed by atoms with Crippen molar-refractivity contribution in [2.75, 3.05) is 0 Å². The first-order valence-corrected chi connectivity index (χ1v) is 5.74. The van der Waals surface area contributed by atoms with E-state index in [1.807, 2.05) is 0 Å². The summed E-state index contributed by atoms with van der Waals surface area (Å²) in [6.07, 6.45) is 6.63. The first-order valence-electron chi connectivity index (χ1n) is 5.74. The third-order valence-electron chi connectivity index (χ3n) is 3.80. The van der Waals surface area contributed by atoms with E-state index >= 15 is 0 Å². The van der Waals surface area contributed by atoms with Gasteiger partial charge < -0.3 is 10.1 Å². The highest BCUT2D eigenvalue weighted by Crippen LogP contribution is 2.40. The van der Waals surface area contributed by atoms with Gasteiger partial charge in [0.2, 0.25) is 0 Å². The van der Waals surface area contributed by atoms with Crippen LogP contribution in [0.15, 0.2) is 0 Å². The van der Waals surface area contributed by atoms with Crippen molar-refractivity contribution in [3.05, 3.63) is 22.5 Å². The lowest BCUT2D eigenvalue weighted by Gasteiger charge is -2.25. The number of aromatic amines is 1. The maximum atomic E-state index is 11.3. The van der Waals surface area contributed by atoms with Crippen LogP contribution in [0.5, 0.6) is 0 Å². The highest BCUT2D eigenvalue weighted by molar-refractivity contribution is 5.92. The van der Waals surface area contributed by atoms with Crippen molar-refractivity contribution in [1.29, 1.82) is 0 Å². The number of aryl methyl sites for hydroxylation is 1. The maximum absolute atomic E-state index is 11.3. The first kappa shape index (κ1) is 9.01. The molecule has 3 rings (SSSR count). The van der Waals surface area contributed by atoms with E-state index < -0.39 is 5.97 Å². The Balaban J connectivity index is 2.09. The highest BCUT2D eigenvalue weighted by atomic mass is 16.4. The Hall–Kier alpha value is -1.25. The third-order valence-corrected chi connectivity index (χ3v) is 3.80. The summed E-state index contributed by atoms with van der Waals surface area (Å²) in [6, 6.07) is 0. The Morgan fingerprint density at radius 2 is 2.07 bits per heavy atom. The Morgan fingerprint density at radius 3 is 2.67 bits per heavy atom. The smallest absolute Gasteiger partial charge is 0.337 e. The lowest BCUT2D eigenvalue weighted by molar-refractivity contribution is 0.0693. The van der Waals surface area contributed by atoms with E-state index in [4.69, 9.17) is 0 Å². The molecule has 2 aliphatic carbocycles. The average molecular weight is 205 g/mol. The maximum Gasteiger partial charge on any atom is 0.337 e. The van der Waals surface area contributed by atoms with Crippen LogP contribution in [0.4, 0.5) is 0 Å². The van der Waals surface area contributed by atoms with Gasteiger partial charge in [-0.25, -0.2) is 4.79 Å². The van der Waals surface area contributed by atoms with Gasteiger partial charge in [0.15, 0.2) is 0 Å². The molecule has 0 aliphatic heterocycles. The lowest BCUT2D eigenvalue weighted by Crippen LogP contribution is -2.14. The van der Waals surface area contributed by atoms with Crippen LogP contribution in [0.1, 0.15) is 58.9 Å². The molecule has 80 valence electrons. The van der Waals surface area contributed by atoms with Crippen LogP contribution in [0.2, 0.25) is 0 Å². The SMILES string of the molecule is O=C(O)c1c(C2CCC2)[nH]c2c1CCC2. The van der Waals surface area contributed by atoms with Crippen LogP contribution >= 0.6 is 0 Å². The fraction of sp³-hybridized carbons (Fsp3) is 0.583. The van der Waals surface area contributed by atoms with E-state index in [1.54, 1.807) is 0 Å². The van der Waals surface area contributed by atoms with E-state index in [-0.39, 0.29) is 0 Å². The normalized spacial score (nSPS) is 20.0. The van der Waals surface area contributed by atoms with Crippen molar-refractivity contribution in [3.8, 4) is 0 Å². The molecule has 15 heavy (non-hydrogen) atoms. The summed E-state index contributed by atoms with van der Waals surface area (Å²) in [7, 11) is 0. The molecule has 0 unspecified atom stereocenters. The molecule has 2 N–H and O–H groups in total. The van der Waals surface area contributed by atoms with E-state index in [9.17, 15) is 9.90 Å². The number of nitrogens with one attached hydrogen (secondary N) is 1. The van der Waals surface area contributed by atoms with Crippen molar-refractivity contribution < 1.29 is 9.90 Å². The summed E-state index contributed by atoms with van der Waals surface area (Å²) >= 11 is 0. The van der Waals surface area contributed by atoms with Gasteiger partial charge in [0.05, 0.1) is 5.56 Å². The van der Waals surface area contributed by atoms with Crippen molar-refractivity contribution in [3.63, 3.8) is 0 Å². The quantitative estimate of drug-likeness (QED) is 0.779. The summed E-state index contributed by atoms with van der Waals surface area (Å²) < 4.78 is 0. The first-order chi connectivity index (χ1) is 7.27. The van der Waals surface area contributed by atoms with E-state index in [0.29, 0.717) is 11.5 Å². The highest BCUT2D eigenvalue weighted by Gasteiger charge is 2.31. The second-order valence-corrected chi connectivity index (χ2v) is 4.66. The number of H-pyrrole nitrogens is 1. The van der Waals surface area contributed by atoms with E-state index in [2.05, 4.69) is 4.98 Å². The molecule has 3 heteroatoms. The third kappa shape index (κ3) is 1.22. The minimum Gasteiger partial charge on any atom is -0.478 e. The number of aromatic carboxylic acids is 1. The number of carboxylic acids is 1. The van der Waals surface area contributed by atoms with Crippen molar-refractivity contribution in [1.82, 2.24) is 4.98 Å². The zero-order valence-electron chi connectivity index (χ0n) is 8.68. The fourth-order valence-corrected chi connectivity index (χ4v) is 2.79. The summed E-state index contributed by atoms with van der Waals surface area (Å²) in [5.41, 5.74) is 3.89. The van der Waals surface area contributed by atoms with Gasteiger partial charge in [-0.15, -0.1) is 0 Å². The minimum atomic E-state index is -0.740. The van der Waals surface area contributed by atoms with Crippen molar-refractivity contribution in [2.24, 2.45) is 0 Å². The average Bonchev–Trinajstić information content (AvgIpc) is 2.58. The van der Waals surface area contributed by atoms with E-state index in [1.165, 1.54) is 12.1 Å². The molecule has 1 heterocycles. The topological polar surface area (TPSA) is 53.1 Å². The molecular formula is C12H15NO2. The van der Waals surface area contributed by atoms with Gasteiger partial charge in [0.1, 0.15) is 0 Å². The fourth-order valence-electron chi connectivity index (χ4n) is 2.79. The molecular weight excluding hydrogens is 190 g/mol. The van der Waals surface area contributed by atoms with Gasteiger partial charge in [0.25, 0.3) is 0 Å². The van der Waals surface area contributed by atoms with Crippen LogP contribution in [-0.2, 0) is 12.8 Å². The van der Waals surface area contributed by atoms with Crippen molar-refractivity contribution in [2.45, 2.75) is 44.4 Å². The Morgan fingerprint density at radius 1 is 1.27 bits per heavy atom. The molecule has 0 radical (unpaired) electrons. The second-order valence-electron chi connectivity index (χ2n) is 4.66. The molecule has 0 saturated heterocycles. The standard InChI is InChI=1S/C12H15NO2/c14-12(15)10-8-5-2-6-9(8)13-11(10)7-3-1-4-7/h7,13H,1-6H2,(H,14,15).